The summed E-state index contributed by atoms with van der Waals surface area (Å²) in [5.41, 5.74) is 21.1. The van der Waals surface area contributed by atoms with E-state index in [-0.39, 0.29) is 0 Å². The highest BCUT2D eigenvalue weighted by molar-refractivity contribution is 6.12. The molecule has 2 aliphatic heterocycles. The van der Waals surface area contributed by atoms with Gasteiger partial charge in [0.1, 0.15) is 28.2 Å². The fraction of sp³-hybridized carbons (Fsp3) is 0.243. The van der Waals surface area contributed by atoms with Gasteiger partial charge in [0.2, 0.25) is 0 Å². The first-order chi connectivity index (χ1) is 40.2. The molecule has 2 N–H and O–H groups in total. The van der Waals surface area contributed by atoms with Gasteiger partial charge in [0.25, 0.3) is 0 Å². The van der Waals surface area contributed by atoms with E-state index in [1.54, 1.807) is 0 Å². The molecular formula is C74H74N8+4. The highest BCUT2D eigenvalue weighted by Gasteiger charge is 2.24. The average molecular weight is 1080 g/mol. The van der Waals surface area contributed by atoms with Crippen LogP contribution < -0.4 is 18.3 Å². The van der Waals surface area contributed by atoms with Crippen molar-refractivity contribution in [1.82, 2.24) is 19.9 Å². The van der Waals surface area contributed by atoms with Crippen molar-refractivity contribution >= 4 is 43.6 Å². The molecule has 0 aliphatic carbocycles. The van der Waals surface area contributed by atoms with E-state index in [1.807, 2.05) is 0 Å². The van der Waals surface area contributed by atoms with Crippen molar-refractivity contribution in [3.63, 3.8) is 0 Å². The van der Waals surface area contributed by atoms with Crippen LogP contribution in [0, 0.1) is 0 Å². The summed E-state index contributed by atoms with van der Waals surface area (Å²) in [5, 5.41) is 4.97. The van der Waals surface area contributed by atoms with Gasteiger partial charge in [-0.05, 0) is 147 Å². The van der Waals surface area contributed by atoms with Gasteiger partial charge in [0.05, 0.1) is 22.8 Å². The molecule has 82 heavy (non-hydrogen) atoms. The number of nitrogens with one attached hydrogen (secondary N) is 2. The molecule has 0 unspecified atom stereocenters. The molecule has 0 amide bonds. The van der Waals surface area contributed by atoms with Gasteiger partial charge in [-0.3, -0.25) is 0 Å². The van der Waals surface area contributed by atoms with Crippen LogP contribution in [0.2, 0.25) is 0 Å². The third kappa shape index (κ3) is 11.1. The van der Waals surface area contributed by atoms with Gasteiger partial charge in [0.15, 0.2) is 49.6 Å². The Balaban J connectivity index is 0.981. The highest BCUT2D eigenvalue weighted by atomic mass is 14.9. The summed E-state index contributed by atoms with van der Waals surface area (Å²) in [4.78, 5) is 19.4. The van der Waals surface area contributed by atoms with Crippen LogP contribution in [-0.2, 0) is 53.9 Å². The Morgan fingerprint density at radius 1 is 0.329 bits per heavy atom. The number of benzene rings is 4. The molecule has 0 radical (unpaired) electrons. The van der Waals surface area contributed by atoms with E-state index in [1.165, 1.54) is 54.9 Å². The number of aromatic amines is 2. The Hall–Kier alpha value is -8.88. The van der Waals surface area contributed by atoms with Crippen molar-refractivity contribution in [2.75, 3.05) is 0 Å². The number of aromatic nitrogens is 8. The topological polar surface area (TPSA) is 72.9 Å². The van der Waals surface area contributed by atoms with E-state index >= 15 is 0 Å². The minimum atomic E-state index is 0.347. The van der Waals surface area contributed by atoms with E-state index < -0.39 is 0 Å². The number of pyridine rings is 4. The number of fused-ring (bicyclic) bond motifs is 20. The van der Waals surface area contributed by atoms with Gasteiger partial charge in [-0.25, -0.2) is 28.2 Å². The molecule has 7 aromatic heterocycles. The molecule has 8 bridgehead atoms. The maximum atomic E-state index is 5.63. The Kier molecular flexibility index (Phi) is 14.9. The Bertz CT molecular complexity index is 3890. The molecule has 0 atom stereocenters. The molecular weight excluding hydrogens is 1000 g/mol. The summed E-state index contributed by atoms with van der Waals surface area (Å²) < 4.78 is 8.48. The molecule has 2 aliphatic rings. The van der Waals surface area contributed by atoms with Crippen molar-refractivity contribution in [2.24, 2.45) is 28.2 Å². The monoisotopic (exact) mass is 1070 g/mol. The number of nitrogens with zero attached hydrogens (tertiary/aromatic N) is 6. The van der Waals surface area contributed by atoms with Crippen molar-refractivity contribution in [1.29, 1.82) is 0 Å². The van der Waals surface area contributed by atoms with Gasteiger partial charge in [-0.2, -0.15) is 0 Å². The summed E-state index contributed by atoms with van der Waals surface area (Å²) in [5.74, 6) is 0.694. The largest absolute Gasteiger partial charge is 0.354 e. The summed E-state index contributed by atoms with van der Waals surface area (Å²) in [6.45, 7) is 0. The lowest BCUT2D eigenvalue weighted by Crippen LogP contribution is -2.25. The number of H-pyrrole nitrogens is 2. The third-order valence-electron chi connectivity index (χ3n) is 17.6. The molecule has 8 heteroatoms. The normalized spacial score (nSPS) is 12.0. The Morgan fingerprint density at radius 2 is 0.610 bits per heavy atom. The SMILES string of the molecule is C[n+]1ccc(CCCC(CCCc2cc[n+](C)cc2)c2cccc3c4cc5nc(cc6[nH]c(cc7nc(cc([nH]4)c23)-c2ccccc2-7)c2cccc(C(CCCc3cc[n+](C)cc3)CCCc3cc[n+](C)cc3)c62)-c2ccccc2-5)cc1. The number of aryl methyl sites for hydroxylation is 8. The standard InChI is InChI=1S/C74H74N8/c1-79-39-31-51(32-40-79)15-9-19-55(20-10-16-52-33-41-80(2)42-34-52)57-27-13-29-63-69-47-65-60-24-6-8-26-62(60)68(76-65)50-72-74-58(56(21-11-17-53-35-43-81(3)44-36-53)22-12-18-54-37-45-82(4)46-38-54)28-14-30-64(74)70(78-72)48-66-59-23-5-7-25-61(59)67(75-66)49-71(77-69)73(57)63/h5-8,13-14,23-50,55-56,77-78H,9-12,15-22H2,1-4H3/q+4. The first-order valence-electron chi connectivity index (χ1n) is 29.8. The number of hydrogen-bond acceptors (Lipinski definition) is 2. The van der Waals surface area contributed by atoms with Crippen molar-refractivity contribution in [3.05, 3.63) is 241 Å². The lowest BCUT2D eigenvalue weighted by molar-refractivity contribution is -0.671. The van der Waals surface area contributed by atoms with Crippen LogP contribution in [0.25, 0.3) is 88.6 Å². The van der Waals surface area contributed by atoms with E-state index in [9.17, 15) is 0 Å². The first-order valence-corrected chi connectivity index (χ1v) is 29.8. The fourth-order valence-corrected chi connectivity index (χ4v) is 13.1. The van der Waals surface area contributed by atoms with Crippen LogP contribution >= 0.6 is 0 Å². The minimum absolute atomic E-state index is 0.347. The van der Waals surface area contributed by atoms with Crippen LogP contribution in [0.4, 0.5) is 0 Å². The van der Waals surface area contributed by atoms with Gasteiger partial charge in [-0.1, -0.05) is 84.9 Å². The molecule has 0 spiro atoms. The van der Waals surface area contributed by atoms with Gasteiger partial charge in [0, 0.05) is 114 Å². The zero-order valence-corrected chi connectivity index (χ0v) is 48.0. The summed E-state index contributed by atoms with van der Waals surface area (Å²) in [6.07, 6.45) is 30.3. The average Bonchev–Trinajstić information content (AvgIpc) is 3.12. The molecule has 406 valence electrons. The van der Waals surface area contributed by atoms with Crippen molar-refractivity contribution < 1.29 is 18.3 Å². The maximum absolute atomic E-state index is 5.63. The Morgan fingerprint density at radius 3 is 0.902 bits per heavy atom. The Labute approximate surface area is 482 Å². The minimum Gasteiger partial charge on any atom is -0.354 e. The smallest absolute Gasteiger partial charge is 0.168 e. The summed E-state index contributed by atoms with van der Waals surface area (Å²) in [7, 11) is 8.36. The molecule has 4 aromatic carbocycles. The first kappa shape index (κ1) is 52.5. The summed E-state index contributed by atoms with van der Waals surface area (Å²) in [6, 6.07) is 59.1. The third-order valence-corrected chi connectivity index (χ3v) is 17.6. The molecule has 8 nitrogen and oxygen atoms in total. The molecule has 9 heterocycles. The zero-order valence-electron chi connectivity index (χ0n) is 48.0. The predicted octanol–water partition coefficient (Wildman–Crippen LogP) is 14.8. The lowest BCUT2D eigenvalue weighted by Gasteiger charge is -2.19. The van der Waals surface area contributed by atoms with Crippen LogP contribution in [0.1, 0.15) is 96.6 Å². The lowest BCUT2D eigenvalue weighted by atomic mass is 9.85. The van der Waals surface area contributed by atoms with Gasteiger partial charge in [-0.15, -0.1) is 0 Å². The van der Waals surface area contributed by atoms with Crippen molar-refractivity contribution in [2.45, 2.75) is 88.9 Å². The molecule has 0 saturated heterocycles. The van der Waals surface area contributed by atoms with Crippen LogP contribution in [0.5, 0.6) is 0 Å². The van der Waals surface area contributed by atoms with E-state index in [2.05, 4.69) is 264 Å². The second-order valence-electron chi connectivity index (χ2n) is 23.3. The number of hydrogen-bond donors (Lipinski definition) is 2. The quantitative estimate of drug-likeness (QED) is 0.0841. The van der Waals surface area contributed by atoms with E-state index in [4.69, 9.17) is 9.97 Å². The van der Waals surface area contributed by atoms with Crippen molar-refractivity contribution in [3.8, 4) is 45.0 Å². The van der Waals surface area contributed by atoms with E-state index in [0.717, 1.165) is 144 Å². The second kappa shape index (κ2) is 23.3. The van der Waals surface area contributed by atoms with E-state index in [0.29, 0.717) is 11.8 Å². The summed E-state index contributed by atoms with van der Waals surface area (Å²) >= 11 is 0. The fourth-order valence-electron chi connectivity index (χ4n) is 13.1. The number of rotatable bonds is 18. The molecule has 0 saturated carbocycles. The highest BCUT2D eigenvalue weighted by Crippen LogP contribution is 2.44. The maximum Gasteiger partial charge on any atom is 0.168 e. The van der Waals surface area contributed by atoms with Gasteiger partial charge < -0.3 is 9.97 Å². The second-order valence-corrected chi connectivity index (χ2v) is 23.3. The molecule has 0 fully saturated rings. The van der Waals surface area contributed by atoms with Crippen LogP contribution in [-0.4, -0.2) is 19.9 Å². The van der Waals surface area contributed by atoms with Crippen LogP contribution in [0.3, 0.4) is 0 Å². The predicted molar refractivity (Wildman–Crippen MR) is 333 cm³/mol. The molecule has 13 rings (SSSR count). The molecule has 11 aromatic rings. The zero-order chi connectivity index (χ0) is 55.5. The van der Waals surface area contributed by atoms with Crippen LogP contribution in [0.15, 0.2) is 207 Å². The van der Waals surface area contributed by atoms with Gasteiger partial charge >= 0.3 is 0 Å².